The van der Waals surface area contributed by atoms with Crippen molar-refractivity contribution in [2.75, 3.05) is 19.8 Å². The molecule has 122 valence electrons. The van der Waals surface area contributed by atoms with Gasteiger partial charge < -0.3 is 19.3 Å². The smallest absolute Gasteiger partial charge is 0.323 e. The van der Waals surface area contributed by atoms with Crippen molar-refractivity contribution in [3.8, 4) is 0 Å². The van der Waals surface area contributed by atoms with E-state index in [2.05, 4.69) is 15.9 Å². The minimum atomic E-state index is -0.999. The van der Waals surface area contributed by atoms with Gasteiger partial charge in [-0.15, -0.1) is 0 Å². The zero-order valence-electron chi connectivity index (χ0n) is 12.8. The van der Waals surface area contributed by atoms with Crippen LogP contribution in [0.15, 0.2) is 16.7 Å². The zero-order valence-corrected chi connectivity index (χ0v) is 14.4. The Bertz CT molecular complexity index is 550. The fourth-order valence-corrected chi connectivity index (χ4v) is 3.14. The van der Waals surface area contributed by atoms with Gasteiger partial charge in [-0.05, 0) is 48.7 Å². The molecule has 7 heteroatoms. The number of carboxylic acid groups (broad SMARTS) is 1. The van der Waals surface area contributed by atoms with E-state index in [-0.39, 0.29) is 24.5 Å². The molecule has 1 aromatic heterocycles. The maximum absolute atomic E-state index is 12.9. The van der Waals surface area contributed by atoms with Crippen molar-refractivity contribution >= 4 is 27.8 Å². The maximum Gasteiger partial charge on any atom is 0.323 e. The summed E-state index contributed by atoms with van der Waals surface area (Å²) in [5.41, 5.74) is 0.509. The molecule has 0 saturated carbocycles. The highest BCUT2D eigenvalue weighted by atomic mass is 79.9. The second kappa shape index (κ2) is 7.28. The van der Waals surface area contributed by atoms with Gasteiger partial charge in [0.25, 0.3) is 5.91 Å². The first-order valence-corrected chi connectivity index (χ1v) is 8.17. The lowest BCUT2D eigenvalue weighted by Crippen LogP contribution is -2.46. The van der Waals surface area contributed by atoms with Crippen LogP contribution < -0.4 is 0 Å². The van der Waals surface area contributed by atoms with Crippen molar-refractivity contribution in [2.24, 2.45) is 0 Å². The molecule has 2 rings (SSSR count). The quantitative estimate of drug-likeness (QED) is 0.861. The van der Waals surface area contributed by atoms with Gasteiger partial charge in [0.15, 0.2) is 0 Å². The van der Waals surface area contributed by atoms with E-state index in [1.54, 1.807) is 6.07 Å². The van der Waals surface area contributed by atoms with Crippen LogP contribution in [0.3, 0.4) is 0 Å². The summed E-state index contributed by atoms with van der Waals surface area (Å²) in [4.78, 5) is 25.5. The molecule has 0 aliphatic carbocycles. The number of amides is 1. The Morgan fingerprint density at radius 2 is 2.09 bits per heavy atom. The van der Waals surface area contributed by atoms with Gasteiger partial charge in [0.2, 0.25) is 0 Å². The molecule has 1 aliphatic heterocycles. The molecule has 1 aliphatic rings. The topological polar surface area (TPSA) is 71.8 Å². The predicted molar refractivity (Wildman–Crippen MR) is 85.0 cm³/mol. The number of carbonyl (C=O) groups excluding carboxylic acids is 1. The van der Waals surface area contributed by atoms with E-state index in [4.69, 9.17) is 9.84 Å². The molecule has 22 heavy (non-hydrogen) atoms. The Kier molecular flexibility index (Phi) is 5.63. The molecular weight excluding hydrogens is 352 g/mol. The molecular formula is C15H21BrN2O4. The molecule has 0 aromatic carbocycles. The van der Waals surface area contributed by atoms with Gasteiger partial charge in [-0.2, -0.15) is 0 Å². The molecule has 6 nitrogen and oxygen atoms in total. The van der Waals surface area contributed by atoms with Gasteiger partial charge in [-0.3, -0.25) is 9.59 Å². The van der Waals surface area contributed by atoms with Gasteiger partial charge in [-0.25, -0.2) is 0 Å². The highest BCUT2D eigenvalue weighted by Crippen LogP contribution is 2.23. The lowest BCUT2D eigenvalue weighted by molar-refractivity contribution is -0.138. The number of aromatic nitrogens is 1. The van der Waals surface area contributed by atoms with Crippen molar-refractivity contribution in [3.63, 3.8) is 0 Å². The number of hydrogen-bond donors (Lipinski definition) is 1. The molecule has 1 saturated heterocycles. The molecule has 1 fully saturated rings. The number of halogens is 1. The van der Waals surface area contributed by atoms with Crippen LogP contribution in [-0.2, 0) is 9.53 Å². The normalized spacial score (nSPS) is 16.0. The fraction of sp³-hybridized carbons (Fsp3) is 0.600. The van der Waals surface area contributed by atoms with Crippen LogP contribution in [0.1, 0.15) is 43.2 Å². The molecule has 0 spiro atoms. The van der Waals surface area contributed by atoms with Crippen LogP contribution in [0.25, 0.3) is 0 Å². The Balaban J connectivity index is 2.30. The van der Waals surface area contributed by atoms with Crippen LogP contribution in [0, 0.1) is 0 Å². The van der Waals surface area contributed by atoms with Crippen molar-refractivity contribution < 1.29 is 19.4 Å². The largest absolute Gasteiger partial charge is 0.480 e. The number of aliphatic carboxylic acids is 1. The second-order valence-electron chi connectivity index (χ2n) is 5.71. The molecule has 2 heterocycles. The summed E-state index contributed by atoms with van der Waals surface area (Å²) in [5, 5.41) is 9.15. The van der Waals surface area contributed by atoms with Crippen LogP contribution in [-0.4, -0.2) is 52.3 Å². The predicted octanol–water partition coefficient (Wildman–Crippen LogP) is 2.54. The van der Waals surface area contributed by atoms with E-state index in [0.29, 0.717) is 31.7 Å². The molecule has 1 amide bonds. The first-order valence-electron chi connectivity index (χ1n) is 7.38. The first-order chi connectivity index (χ1) is 10.4. The molecule has 0 unspecified atom stereocenters. The van der Waals surface area contributed by atoms with E-state index < -0.39 is 5.97 Å². The molecule has 0 radical (unpaired) electrons. The maximum atomic E-state index is 12.9. The third-order valence-corrected chi connectivity index (χ3v) is 4.22. The number of rotatable bonds is 5. The number of nitrogens with zero attached hydrogens (tertiary/aromatic N) is 2. The summed E-state index contributed by atoms with van der Waals surface area (Å²) in [6.45, 7) is 4.80. The average molecular weight is 373 g/mol. The summed E-state index contributed by atoms with van der Waals surface area (Å²) in [5.74, 6) is -1.24. The molecule has 0 bridgehead atoms. The lowest BCUT2D eigenvalue weighted by atomic mass is 10.1. The van der Waals surface area contributed by atoms with E-state index in [0.717, 1.165) is 4.47 Å². The van der Waals surface area contributed by atoms with Crippen LogP contribution in [0.5, 0.6) is 0 Å². The fourth-order valence-electron chi connectivity index (χ4n) is 2.70. The number of hydrogen-bond acceptors (Lipinski definition) is 3. The van der Waals surface area contributed by atoms with Crippen molar-refractivity contribution in [2.45, 2.75) is 38.8 Å². The Hall–Kier alpha value is -1.34. The van der Waals surface area contributed by atoms with Gasteiger partial charge in [0.1, 0.15) is 12.2 Å². The third kappa shape index (κ3) is 3.89. The minimum absolute atomic E-state index is 0.0911. The van der Waals surface area contributed by atoms with E-state index in [1.165, 1.54) is 4.90 Å². The average Bonchev–Trinajstić information content (AvgIpc) is 2.87. The highest BCUT2D eigenvalue weighted by molar-refractivity contribution is 9.10. The number of carboxylic acids is 1. The van der Waals surface area contributed by atoms with Gasteiger partial charge >= 0.3 is 5.97 Å². The third-order valence-electron chi connectivity index (χ3n) is 3.79. The standard InChI is InChI=1S/C15H21BrN2O4/c1-10(2)17-8-11(16)7-13(17)15(21)18(9-14(19)20)12-3-5-22-6-4-12/h7-8,10,12H,3-6,9H2,1-2H3,(H,19,20). The van der Waals surface area contributed by atoms with Crippen LogP contribution >= 0.6 is 15.9 Å². The van der Waals surface area contributed by atoms with E-state index in [9.17, 15) is 9.59 Å². The summed E-state index contributed by atoms with van der Waals surface area (Å²) in [6.07, 6.45) is 3.19. The van der Waals surface area contributed by atoms with Crippen molar-refractivity contribution in [3.05, 3.63) is 22.4 Å². The lowest BCUT2D eigenvalue weighted by Gasteiger charge is -2.33. The van der Waals surface area contributed by atoms with Crippen LogP contribution in [0.4, 0.5) is 0 Å². The molecule has 1 N–H and O–H groups in total. The van der Waals surface area contributed by atoms with Gasteiger partial charge in [-0.1, -0.05) is 0 Å². The van der Waals surface area contributed by atoms with Crippen molar-refractivity contribution in [1.82, 2.24) is 9.47 Å². The van der Waals surface area contributed by atoms with Crippen LogP contribution in [0.2, 0.25) is 0 Å². The van der Waals surface area contributed by atoms with Crippen molar-refractivity contribution in [1.29, 1.82) is 0 Å². The summed E-state index contributed by atoms with van der Waals surface area (Å²) < 4.78 is 7.98. The van der Waals surface area contributed by atoms with E-state index >= 15 is 0 Å². The summed E-state index contributed by atoms with van der Waals surface area (Å²) in [7, 11) is 0. The minimum Gasteiger partial charge on any atom is -0.480 e. The second-order valence-corrected chi connectivity index (χ2v) is 6.63. The molecule has 1 aromatic rings. The zero-order chi connectivity index (χ0) is 16.3. The summed E-state index contributed by atoms with van der Waals surface area (Å²) in [6, 6.07) is 1.77. The first kappa shape index (κ1) is 17.0. The van der Waals surface area contributed by atoms with Gasteiger partial charge in [0, 0.05) is 36.0 Å². The van der Waals surface area contributed by atoms with Gasteiger partial charge in [0.05, 0.1) is 0 Å². The summed E-state index contributed by atoms with van der Waals surface area (Å²) >= 11 is 3.39. The number of ether oxygens (including phenoxy) is 1. The monoisotopic (exact) mass is 372 g/mol. The molecule has 0 atom stereocenters. The van der Waals surface area contributed by atoms with E-state index in [1.807, 2.05) is 24.6 Å². The Labute approximate surface area is 138 Å². The Morgan fingerprint density at radius 1 is 1.45 bits per heavy atom. The number of carbonyl (C=O) groups is 2. The Morgan fingerprint density at radius 3 is 2.64 bits per heavy atom. The SMILES string of the molecule is CC(C)n1cc(Br)cc1C(=O)N(CC(=O)O)C1CCOCC1. The highest BCUT2D eigenvalue weighted by Gasteiger charge is 2.30.